The molecule has 0 saturated heterocycles. The van der Waals surface area contributed by atoms with E-state index in [1.54, 1.807) is 12.1 Å². The van der Waals surface area contributed by atoms with Crippen LogP contribution in [0.1, 0.15) is 11.5 Å². The minimum absolute atomic E-state index is 0.273. The molecule has 28 heavy (non-hydrogen) atoms. The van der Waals surface area contributed by atoms with Gasteiger partial charge in [0.15, 0.2) is 0 Å². The molecular weight excluding hydrogens is 355 g/mol. The van der Waals surface area contributed by atoms with Crippen LogP contribution in [0.3, 0.4) is 0 Å². The lowest BCUT2D eigenvalue weighted by molar-refractivity contribution is 0.508. The molecule has 2 aromatic heterocycles. The summed E-state index contributed by atoms with van der Waals surface area (Å²) in [6.45, 7) is 6.74. The summed E-state index contributed by atoms with van der Waals surface area (Å²) < 4.78 is 15.4. The van der Waals surface area contributed by atoms with Gasteiger partial charge >= 0.3 is 0 Å². The van der Waals surface area contributed by atoms with Crippen molar-refractivity contribution in [3.8, 4) is 11.3 Å². The van der Waals surface area contributed by atoms with E-state index in [1.807, 2.05) is 12.3 Å². The van der Waals surface area contributed by atoms with E-state index in [2.05, 4.69) is 49.1 Å². The summed E-state index contributed by atoms with van der Waals surface area (Å²) in [5, 5.41) is 15.0. The molecule has 0 amide bonds. The van der Waals surface area contributed by atoms with E-state index < -0.39 is 0 Å². The Bertz CT molecular complexity index is 1170. The highest BCUT2D eigenvalue weighted by Crippen LogP contribution is 2.29. The van der Waals surface area contributed by atoms with Crippen molar-refractivity contribution in [3.05, 3.63) is 72.6 Å². The third kappa shape index (κ3) is 2.86. The molecule has 0 aliphatic carbocycles. The lowest BCUT2D eigenvalue weighted by Crippen LogP contribution is -2.28. The van der Waals surface area contributed by atoms with Crippen LogP contribution >= 0.6 is 0 Å². The maximum absolute atomic E-state index is 13.1. The Labute approximate surface area is 161 Å². The highest BCUT2D eigenvalue weighted by Gasteiger charge is 2.16. The van der Waals surface area contributed by atoms with E-state index in [0.29, 0.717) is 5.70 Å². The Morgan fingerprint density at radius 2 is 2.04 bits per heavy atom. The molecule has 0 saturated carbocycles. The maximum Gasteiger partial charge on any atom is 0.123 e. The van der Waals surface area contributed by atoms with Gasteiger partial charge in [-0.15, -0.1) is 0 Å². The predicted molar refractivity (Wildman–Crippen MR) is 108 cm³/mol. The average molecular weight is 374 g/mol. The molecule has 7 heteroatoms. The number of hydrogen-bond acceptors (Lipinski definition) is 4. The molecule has 0 unspecified atom stereocenters. The number of benzene rings is 2. The molecule has 0 radical (unpaired) electrons. The van der Waals surface area contributed by atoms with Crippen LogP contribution in [0.25, 0.3) is 27.9 Å². The standard InChI is InChI=1S/C21H19FN6/c1-13(25-16-5-3-15(22)4-6-16)21-17-10-14(2-7-18(17)26-27-21)19-11-24-20-12-23-8-9-28(19)20/h2-7,10-11,23,25H,1,8-9,12H2,(H,26,27). The number of aromatic amines is 1. The number of H-pyrrole nitrogens is 1. The molecule has 1 aliphatic heterocycles. The second kappa shape index (κ2) is 6.61. The Hall–Kier alpha value is -3.45. The van der Waals surface area contributed by atoms with Gasteiger partial charge in [-0.3, -0.25) is 5.10 Å². The Morgan fingerprint density at radius 1 is 1.18 bits per heavy atom. The highest BCUT2D eigenvalue weighted by molar-refractivity contribution is 5.94. The van der Waals surface area contributed by atoms with Crippen molar-refractivity contribution in [1.29, 1.82) is 0 Å². The number of hydrogen-bond donors (Lipinski definition) is 3. The van der Waals surface area contributed by atoms with Gasteiger partial charge in [-0.2, -0.15) is 5.10 Å². The van der Waals surface area contributed by atoms with Gasteiger partial charge < -0.3 is 15.2 Å². The van der Waals surface area contributed by atoms with Gasteiger partial charge in [-0.05, 0) is 36.4 Å². The summed E-state index contributed by atoms with van der Waals surface area (Å²) in [6.07, 6.45) is 1.93. The summed E-state index contributed by atoms with van der Waals surface area (Å²) in [5.41, 5.74) is 5.26. The predicted octanol–water partition coefficient (Wildman–Crippen LogP) is 3.75. The third-order valence-corrected chi connectivity index (χ3v) is 5.02. The number of nitrogens with zero attached hydrogens (tertiary/aromatic N) is 3. The zero-order valence-corrected chi connectivity index (χ0v) is 15.2. The molecule has 3 N–H and O–H groups in total. The quantitative estimate of drug-likeness (QED) is 0.509. The van der Waals surface area contributed by atoms with Crippen LogP contribution < -0.4 is 10.6 Å². The second-order valence-electron chi connectivity index (χ2n) is 6.83. The van der Waals surface area contributed by atoms with Gasteiger partial charge in [0, 0.05) is 29.7 Å². The zero-order valence-electron chi connectivity index (χ0n) is 15.2. The minimum Gasteiger partial charge on any atom is -0.354 e. The van der Waals surface area contributed by atoms with E-state index in [4.69, 9.17) is 0 Å². The fraction of sp³-hybridized carbons (Fsp3) is 0.143. The smallest absolute Gasteiger partial charge is 0.123 e. The lowest BCUT2D eigenvalue weighted by Gasteiger charge is -2.17. The van der Waals surface area contributed by atoms with E-state index in [-0.39, 0.29) is 5.82 Å². The van der Waals surface area contributed by atoms with Crippen molar-refractivity contribution in [2.24, 2.45) is 0 Å². The van der Waals surface area contributed by atoms with E-state index in [1.165, 1.54) is 12.1 Å². The Balaban J connectivity index is 1.51. The van der Waals surface area contributed by atoms with Crippen LogP contribution in [0.4, 0.5) is 10.1 Å². The first-order valence-electron chi connectivity index (χ1n) is 9.14. The van der Waals surface area contributed by atoms with Gasteiger partial charge in [0.05, 0.1) is 29.6 Å². The number of halogens is 1. The van der Waals surface area contributed by atoms with Crippen molar-refractivity contribution in [1.82, 2.24) is 25.1 Å². The number of anilines is 1. The summed E-state index contributed by atoms with van der Waals surface area (Å²) >= 11 is 0. The summed E-state index contributed by atoms with van der Waals surface area (Å²) in [7, 11) is 0. The molecular formula is C21H19FN6. The van der Waals surface area contributed by atoms with Crippen LogP contribution in [0.2, 0.25) is 0 Å². The van der Waals surface area contributed by atoms with Gasteiger partial charge in [-0.1, -0.05) is 12.6 Å². The number of nitrogens with one attached hydrogen (secondary N) is 3. The molecule has 3 heterocycles. The topological polar surface area (TPSA) is 70.6 Å². The molecule has 1 aliphatic rings. The van der Waals surface area contributed by atoms with Gasteiger partial charge in [0.2, 0.25) is 0 Å². The monoisotopic (exact) mass is 374 g/mol. The van der Waals surface area contributed by atoms with Gasteiger partial charge in [0.1, 0.15) is 17.3 Å². The van der Waals surface area contributed by atoms with E-state index in [0.717, 1.165) is 59.0 Å². The van der Waals surface area contributed by atoms with Crippen molar-refractivity contribution in [2.75, 3.05) is 11.9 Å². The first-order chi connectivity index (χ1) is 13.7. The van der Waals surface area contributed by atoms with Crippen LogP contribution in [0, 0.1) is 5.82 Å². The van der Waals surface area contributed by atoms with Crippen LogP contribution in [-0.2, 0) is 13.1 Å². The minimum atomic E-state index is -0.273. The molecule has 0 spiro atoms. The van der Waals surface area contributed by atoms with Crippen molar-refractivity contribution in [2.45, 2.75) is 13.1 Å². The van der Waals surface area contributed by atoms with Crippen LogP contribution in [0.15, 0.2) is 55.2 Å². The first kappa shape index (κ1) is 16.7. The molecule has 6 nitrogen and oxygen atoms in total. The largest absolute Gasteiger partial charge is 0.354 e. The number of rotatable bonds is 4. The molecule has 5 rings (SSSR count). The zero-order chi connectivity index (χ0) is 19.1. The molecule has 140 valence electrons. The van der Waals surface area contributed by atoms with Crippen LogP contribution in [-0.4, -0.2) is 26.3 Å². The normalized spacial score (nSPS) is 13.5. The summed E-state index contributed by atoms with van der Waals surface area (Å²) in [6, 6.07) is 12.4. The number of imidazole rings is 1. The van der Waals surface area contributed by atoms with Crippen molar-refractivity contribution in [3.63, 3.8) is 0 Å². The van der Waals surface area contributed by atoms with E-state index in [9.17, 15) is 4.39 Å². The SMILES string of the molecule is C=C(Nc1ccc(F)cc1)c1n[nH]c2ccc(-c3cnc4n3CCNC4)cc12. The number of fused-ring (bicyclic) bond motifs is 2. The molecule has 0 bridgehead atoms. The van der Waals surface area contributed by atoms with Gasteiger partial charge in [0.25, 0.3) is 0 Å². The van der Waals surface area contributed by atoms with Crippen molar-refractivity contribution < 1.29 is 4.39 Å². The maximum atomic E-state index is 13.1. The molecule has 4 aromatic rings. The molecule has 0 atom stereocenters. The van der Waals surface area contributed by atoms with Crippen molar-refractivity contribution >= 4 is 22.3 Å². The summed E-state index contributed by atoms with van der Waals surface area (Å²) in [5.74, 6) is 0.779. The molecule has 2 aromatic carbocycles. The first-order valence-corrected chi connectivity index (χ1v) is 9.14. The fourth-order valence-electron chi connectivity index (χ4n) is 3.60. The lowest BCUT2D eigenvalue weighted by atomic mass is 10.1. The Morgan fingerprint density at radius 3 is 2.89 bits per heavy atom. The highest BCUT2D eigenvalue weighted by atomic mass is 19.1. The van der Waals surface area contributed by atoms with Crippen LogP contribution in [0.5, 0.6) is 0 Å². The second-order valence-corrected chi connectivity index (χ2v) is 6.83. The molecule has 0 fully saturated rings. The summed E-state index contributed by atoms with van der Waals surface area (Å²) in [4.78, 5) is 4.54. The Kier molecular flexibility index (Phi) is 3.95. The number of aromatic nitrogens is 4. The average Bonchev–Trinajstić information content (AvgIpc) is 3.33. The van der Waals surface area contributed by atoms with Gasteiger partial charge in [-0.25, -0.2) is 9.37 Å². The fourth-order valence-corrected chi connectivity index (χ4v) is 3.60. The third-order valence-electron chi connectivity index (χ3n) is 5.02. The van der Waals surface area contributed by atoms with E-state index >= 15 is 0 Å².